The Hall–Kier alpha value is -1.99. The molecular formula is C12H11ClF2N4O. The summed E-state index contributed by atoms with van der Waals surface area (Å²) in [5.74, 6) is -0.848. The van der Waals surface area contributed by atoms with Crippen LogP contribution in [-0.2, 0) is 11.3 Å². The molecule has 0 fully saturated rings. The molecule has 5 nitrogen and oxygen atoms in total. The first kappa shape index (κ1) is 14.4. The molecule has 0 aliphatic heterocycles. The highest BCUT2D eigenvalue weighted by Gasteiger charge is 2.12. The first-order valence-electron chi connectivity index (χ1n) is 5.53. The standard InChI is InChI=1S/C12H11ClF2N4O/c1-20-5-11-17-9(16)4-10(18-11)19-12-7(13)2-6(14)3-8(12)15/h2-4H,5H2,1H3,(H3,16,17,18,19). The minimum Gasteiger partial charge on any atom is -0.384 e. The average molecular weight is 301 g/mol. The number of anilines is 3. The molecule has 1 heterocycles. The van der Waals surface area contributed by atoms with E-state index in [1.807, 2.05) is 0 Å². The zero-order chi connectivity index (χ0) is 14.7. The van der Waals surface area contributed by atoms with Gasteiger partial charge in [-0.2, -0.15) is 0 Å². The van der Waals surface area contributed by atoms with Crippen molar-refractivity contribution in [3.63, 3.8) is 0 Å². The van der Waals surface area contributed by atoms with Crippen LogP contribution in [0.2, 0.25) is 5.02 Å². The number of nitrogen functional groups attached to an aromatic ring is 1. The molecule has 8 heteroatoms. The fraction of sp³-hybridized carbons (Fsp3) is 0.167. The van der Waals surface area contributed by atoms with Crippen LogP contribution in [0.5, 0.6) is 0 Å². The van der Waals surface area contributed by atoms with Crippen molar-refractivity contribution < 1.29 is 13.5 Å². The van der Waals surface area contributed by atoms with E-state index < -0.39 is 11.6 Å². The lowest BCUT2D eigenvalue weighted by atomic mass is 10.3. The van der Waals surface area contributed by atoms with Gasteiger partial charge in [0.05, 0.1) is 10.7 Å². The molecule has 1 aromatic carbocycles. The lowest BCUT2D eigenvalue weighted by Gasteiger charge is -2.10. The third-order valence-electron chi connectivity index (χ3n) is 2.33. The lowest BCUT2D eigenvalue weighted by Crippen LogP contribution is -2.05. The highest BCUT2D eigenvalue weighted by atomic mass is 35.5. The number of ether oxygens (including phenoxy) is 1. The van der Waals surface area contributed by atoms with E-state index in [2.05, 4.69) is 15.3 Å². The lowest BCUT2D eigenvalue weighted by molar-refractivity contribution is 0.178. The molecule has 0 unspecified atom stereocenters. The number of benzene rings is 1. The molecular weight excluding hydrogens is 290 g/mol. The van der Waals surface area contributed by atoms with Crippen LogP contribution in [0.3, 0.4) is 0 Å². The molecule has 0 amide bonds. The van der Waals surface area contributed by atoms with Gasteiger partial charge in [-0.25, -0.2) is 18.7 Å². The number of hydrogen-bond acceptors (Lipinski definition) is 5. The van der Waals surface area contributed by atoms with E-state index in [-0.39, 0.29) is 29.0 Å². The summed E-state index contributed by atoms with van der Waals surface area (Å²) in [5.41, 5.74) is 5.52. The van der Waals surface area contributed by atoms with Gasteiger partial charge in [-0.05, 0) is 6.07 Å². The van der Waals surface area contributed by atoms with Gasteiger partial charge in [-0.3, -0.25) is 0 Å². The summed E-state index contributed by atoms with van der Waals surface area (Å²) in [6.45, 7) is 0.152. The molecule has 0 radical (unpaired) electrons. The summed E-state index contributed by atoms with van der Waals surface area (Å²) < 4.78 is 31.5. The fourth-order valence-corrected chi connectivity index (χ4v) is 1.81. The summed E-state index contributed by atoms with van der Waals surface area (Å²) in [6, 6.07) is 3.11. The van der Waals surface area contributed by atoms with Gasteiger partial charge in [-0.1, -0.05) is 11.6 Å². The molecule has 0 bridgehead atoms. The molecule has 0 saturated carbocycles. The third-order valence-corrected chi connectivity index (χ3v) is 2.62. The number of nitrogens with one attached hydrogen (secondary N) is 1. The van der Waals surface area contributed by atoms with Crippen LogP contribution in [0.1, 0.15) is 5.82 Å². The highest BCUT2D eigenvalue weighted by molar-refractivity contribution is 6.33. The number of halogens is 3. The topological polar surface area (TPSA) is 73.1 Å². The summed E-state index contributed by atoms with van der Waals surface area (Å²) >= 11 is 5.78. The number of rotatable bonds is 4. The minimum atomic E-state index is -0.833. The van der Waals surface area contributed by atoms with Crippen molar-refractivity contribution >= 4 is 28.9 Å². The first-order chi connectivity index (χ1) is 9.49. The van der Waals surface area contributed by atoms with Gasteiger partial charge in [0.1, 0.15) is 24.1 Å². The van der Waals surface area contributed by atoms with E-state index in [0.29, 0.717) is 5.82 Å². The Morgan fingerprint density at radius 2 is 2.05 bits per heavy atom. The van der Waals surface area contributed by atoms with Gasteiger partial charge in [-0.15, -0.1) is 0 Å². The quantitative estimate of drug-likeness (QED) is 0.908. The van der Waals surface area contributed by atoms with Crippen LogP contribution in [0.15, 0.2) is 18.2 Å². The first-order valence-corrected chi connectivity index (χ1v) is 5.91. The van der Waals surface area contributed by atoms with Crippen LogP contribution in [0, 0.1) is 11.6 Å². The molecule has 0 spiro atoms. The van der Waals surface area contributed by atoms with Crippen molar-refractivity contribution in [1.29, 1.82) is 0 Å². The van der Waals surface area contributed by atoms with Gasteiger partial charge >= 0.3 is 0 Å². The van der Waals surface area contributed by atoms with Crippen LogP contribution in [-0.4, -0.2) is 17.1 Å². The van der Waals surface area contributed by atoms with Crippen LogP contribution in [0.4, 0.5) is 26.1 Å². The SMILES string of the molecule is COCc1nc(N)cc(Nc2c(F)cc(F)cc2Cl)n1. The number of methoxy groups -OCH3 is 1. The Morgan fingerprint density at radius 3 is 2.70 bits per heavy atom. The van der Waals surface area contributed by atoms with Crippen LogP contribution >= 0.6 is 11.6 Å². The summed E-state index contributed by atoms with van der Waals surface area (Å²) in [4.78, 5) is 8.02. The fourth-order valence-electron chi connectivity index (χ4n) is 1.57. The second-order valence-corrected chi connectivity index (χ2v) is 4.30. The monoisotopic (exact) mass is 300 g/mol. The molecule has 2 aromatic rings. The van der Waals surface area contributed by atoms with Gasteiger partial charge < -0.3 is 15.8 Å². The van der Waals surface area contributed by atoms with E-state index in [1.54, 1.807) is 0 Å². The Kier molecular flexibility index (Phi) is 4.31. The average Bonchev–Trinajstić information content (AvgIpc) is 2.33. The predicted molar refractivity (Wildman–Crippen MR) is 71.8 cm³/mol. The minimum absolute atomic E-state index is 0.0884. The maximum Gasteiger partial charge on any atom is 0.158 e. The Balaban J connectivity index is 2.35. The predicted octanol–water partition coefficient (Wildman–Crippen LogP) is 2.88. The van der Waals surface area contributed by atoms with Crippen molar-refractivity contribution in [3.05, 3.63) is 40.7 Å². The Morgan fingerprint density at radius 1 is 1.30 bits per heavy atom. The molecule has 1 aromatic heterocycles. The third kappa shape index (κ3) is 3.31. The second-order valence-electron chi connectivity index (χ2n) is 3.90. The smallest absolute Gasteiger partial charge is 0.158 e. The van der Waals surface area contributed by atoms with Crippen LogP contribution < -0.4 is 11.1 Å². The normalized spacial score (nSPS) is 10.6. The number of nitrogens with zero attached hydrogens (tertiary/aromatic N) is 2. The molecule has 106 valence electrons. The van der Waals surface area contributed by atoms with Gasteiger partial charge in [0.2, 0.25) is 0 Å². The van der Waals surface area contributed by atoms with E-state index in [4.69, 9.17) is 22.1 Å². The summed E-state index contributed by atoms with van der Waals surface area (Å²) in [7, 11) is 1.48. The van der Waals surface area contributed by atoms with Crippen LogP contribution in [0.25, 0.3) is 0 Å². The molecule has 0 aliphatic rings. The molecule has 3 N–H and O–H groups in total. The van der Waals surface area contributed by atoms with Crippen molar-refractivity contribution in [1.82, 2.24) is 9.97 Å². The van der Waals surface area contributed by atoms with Crippen molar-refractivity contribution in [2.24, 2.45) is 0 Å². The van der Waals surface area contributed by atoms with Crippen molar-refractivity contribution in [2.45, 2.75) is 6.61 Å². The molecule has 0 aliphatic carbocycles. The zero-order valence-corrected chi connectivity index (χ0v) is 11.2. The van der Waals surface area contributed by atoms with Crippen molar-refractivity contribution in [3.8, 4) is 0 Å². The summed E-state index contributed by atoms with van der Waals surface area (Å²) in [6.07, 6.45) is 0. The van der Waals surface area contributed by atoms with E-state index in [9.17, 15) is 8.78 Å². The molecule has 0 saturated heterocycles. The van der Waals surface area contributed by atoms with E-state index in [1.165, 1.54) is 13.2 Å². The Labute approximate surface area is 118 Å². The number of nitrogens with two attached hydrogens (primary N) is 1. The molecule has 2 rings (SSSR count). The van der Waals surface area contributed by atoms with Crippen molar-refractivity contribution in [2.75, 3.05) is 18.2 Å². The van der Waals surface area contributed by atoms with Gasteiger partial charge in [0.25, 0.3) is 0 Å². The highest BCUT2D eigenvalue weighted by Crippen LogP contribution is 2.29. The van der Waals surface area contributed by atoms with Gasteiger partial charge in [0.15, 0.2) is 11.6 Å². The molecule has 20 heavy (non-hydrogen) atoms. The number of hydrogen-bond donors (Lipinski definition) is 2. The summed E-state index contributed by atoms with van der Waals surface area (Å²) in [5, 5.41) is 2.54. The Bertz CT molecular complexity index is 616. The van der Waals surface area contributed by atoms with E-state index >= 15 is 0 Å². The molecule has 0 atom stereocenters. The maximum atomic E-state index is 13.7. The van der Waals surface area contributed by atoms with Gasteiger partial charge in [0, 0.05) is 19.2 Å². The number of aromatic nitrogens is 2. The zero-order valence-electron chi connectivity index (χ0n) is 10.5. The second kappa shape index (κ2) is 5.98. The maximum absolute atomic E-state index is 13.7. The van der Waals surface area contributed by atoms with E-state index in [0.717, 1.165) is 12.1 Å². The largest absolute Gasteiger partial charge is 0.384 e.